The summed E-state index contributed by atoms with van der Waals surface area (Å²) in [5.41, 5.74) is 15.0. The lowest BCUT2D eigenvalue weighted by Gasteiger charge is -2.14. The Balaban J connectivity index is 1.04. The number of aromatic nitrogens is 2. The Morgan fingerprint density at radius 1 is 0.481 bits per heavy atom. The van der Waals surface area contributed by atoms with Crippen molar-refractivity contribution in [2.45, 2.75) is 25.7 Å². The second-order valence-electron chi connectivity index (χ2n) is 13.6. The average Bonchev–Trinajstić information content (AvgIpc) is 3.23. The van der Waals surface area contributed by atoms with Crippen LogP contribution in [-0.2, 0) is 6.42 Å². The Hall–Kier alpha value is -6.63. The fraction of sp³-hybridized carbons (Fsp3) is 0.0816. The summed E-state index contributed by atoms with van der Waals surface area (Å²) >= 11 is 0. The van der Waals surface area contributed by atoms with Gasteiger partial charge in [0.05, 0.1) is 23.0 Å². The van der Waals surface area contributed by atoms with Gasteiger partial charge in [0.25, 0.3) is 0 Å². The normalized spacial score (nSPS) is 13.4. The molecule has 52 heavy (non-hydrogen) atoms. The van der Waals surface area contributed by atoms with Crippen LogP contribution in [0.1, 0.15) is 41.6 Å². The van der Waals surface area contributed by atoms with Crippen LogP contribution in [0.2, 0.25) is 0 Å². The quantitative estimate of drug-likeness (QED) is 0.178. The number of allylic oxidation sites excluding steroid dienone is 5. The van der Waals surface area contributed by atoms with Gasteiger partial charge in [0, 0.05) is 11.1 Å². The molecule has 0 aliphatic heterocycles. The summed E-state index contributed by atoms with van der Waals surface area (Å²) < 4.78 is 0. The molecule has 0 radical (unpaired) electrons. The van der Waals surface area contributed by atoms with Gasteiger partial charge in [-0.25, -0.2) is 9.97 Å². The summed E-state index contributed by atoms with van der Waals surface area (Å²) in [7, 11) is 0. The largest absolute Gasteiger partial charge is 0.228 e. The molecular formula is C49H35N3. The van der Waals surface area contributed by atoms with E-state index in [0.717, 1.165) is 98.4 Å². The summed E-state index contributed by atoms with van der Waals surface area (Å²) in [6, 6.07) is 49.4. The van der Waals surface area contributed by atoms with E-state index in [1.165, 1.54) is 16.5 Å². The fourth-order valence-corrected chi connectivity index (χ4v) is 7.33. The molecule has 7 aromatic rings. The van der Waals surface area contributed by atoms with Crippen LogP contribution in [-0.4, -0.2) is 9.97 Å². The third-order valence-corrected chi connectivity index (χ3v) is 10.2. The zero-order chi connectivity index (χ0) is 34.9. The standard InChI is InChI=1S/C49H35N3/c50-32-33-25-44(42-23-17-34-9-7-8-14-40(34)27-42)30-45(26-33)43-24-19-36-18-22-41(28-46(36)29-43)35-15-20-39(21-16-35)49-51-47(37-10-3-1-4-11-37)31-48(52-49)38-12-5-2-6-13-38/h1,3-5,8,10-31H,2,6-7,9H2. The SMILES string of the molecule is N#Cc1cc(-c2ccc3c(c2)C=CCC3)cc(-c2ccc3ccc(-c4ccc(-c5nc(C6=CCCC=C6)cc(-c6ccccc6)n5)cc4)cc3c2)c1. The molecule has 9 rings (SSSR count). The maximum atomic E-state index is 9.96. The van der Waals surface area contributed by atoms with Crippen LogP contribution in [0.4, 0.5) is 0 Å². The van der Waals surface area contributed by atoms with E-state index >= 15 is 0 Å². The minimum Gasteiger partial charge on any atom is -0.228 e. The molecule has 0 unspecified atom stereocenters. The van der Waals surface area contributed by atoms with Crippen LogP contribution in [0.25, 0.3) is 78.4 Å². The number of hydrogen-bond donors (Lipinski definition) is 0. The number of aryl methyl sites for hydroxylation is 1. The van der Waals surface area contributed by atoms with E-state index in [1.54, 1.807) is 0 Å². The van der Waals surface area contributed by atoms with Crippen LogP contribution >= 0.6 is 0 Å². The molecule has 0 bridgehead atoms. The highest BCUT2D eigenvalue weighted by molar-refractivity contribution is 5.92. The molecule has 6 aromatic carbocycles. The van der Waals surface area contributed by atoms with E-state index in [1.807, 2.05) is 30.3 Å². The molecule has 2 aliphatic rings. The first kappa shape index (κ1) is 31.4. The number of nitrogens with zero attached hydrogens (tertiary/aromatic N) is 3. The molecule has 0 saturated carbocycles. The van der Waals surface area contributed by atoms with Crippen molar-refractivity contribution >= 4 is 22.4 Å². The van der Waals surface area contributed by atoms with E-state index in [-0.39, 0.29) is 0 Å². The second kappa shape index (κ2) is 13.6. The van der Waals surface area contributed by atoms with Crippen molar-refractivity contribution < 1.29 is 0 Å². The molecule has 0 spiro atoms. The average molecular weight is 666 g/mol. The number of benzene rings is 6. The summed E-state index contributed by atoms with van der Waals surface area (Å²) in [5.74, 6) is 0.719. The van der Waals surface area contributed by atoms with Gasteiger partial charge in [-0.05, 0) is 129 Å². The van der Waals surface area contributed by atoms with Crippen LogP contribution in [0.5, 0.6) is 0 Å². The molecular weight excluding hydrogens is 631 g/mol. The predicted octanol–water partition coefficient (Wildman–Crippen LogP) is 12.5. The van der Waals surface area contributed by atoms with E-state index in [0.29, 0.717) is 5.56 Å². The van der Waals surface area contributed by atoms with E-state index in [2.05, 4.69) is 140 Å². The van der Waals surface area contributed by atoms with Crippen molar-refractivity contribution in [3.05, 3.63) is 180 Å². The Morgan fingerprint density at radius 3 is 1.90 bits per heavy atom. The van der Waals surface area contributed by atoms with Crippen LogP contribution in [0.15, 0.2) is 158 Å². The highest BCUT2D eigenvalue weighted by atomic mass is 14.9. The molecule has 0 amide bonds. The van der Waals surface area contributed by atoms with Gasteiger partial charge >= 0.3 is 0 Å². The van der Waals surface area contributed by atoms with Crippen molar-refractivity contribution in [2.24, 2.45) is 0 Å². The maximum absolute atomic E-state index is 9.96. The highest BCUT2D eigenvalue weighted by Gasteiger charge is 2.14. The zero-order valence-electron chi connectivity index (χ0n) is 28.8. The van der Waals surface area contributed by atoms with Gasteiger partial charge in [0.1, 0.15) is 0 Å². The first-order valence-electron chi connectivity index (χ1n) is 18.0. The molecule has 0 N–H and O–H groups in total. The molecule has 3 nitrogen and oxygen atoms in total. The molecule has 246 valence electrons. The summed E-state index contributed by atoms with van der Waals surface area (Å²) in [5, 5.41) is 12.3. The third kappa shape index (κ3) is 6.28. The van der Waals surface area contributed by atoms with E-state index in [4.69, 9.17) is 9.97 Å². The Kier molecular flexibility index (Phi) is 8.19. The smallest absolute Gasteiger partial charge is 0.160 e. The minimum atomic E-state index is 0.659. The predicted molar refractivity (Wildman–Crippen MR) is 215 cm³/mol. The Bertz CT molecular complexity index is 2620. The van der Waals surface area contributed by atoms with Gasteiger partial charge in [-0.15, -0.1) is 0 Å². The zero-order valence-corrected chi connectivity index (χ0v) is 28.8. The number of fused-ring (bicyclic) bond motifs is 2. The molecule has 0 fully saturated rings. The number of nitriles is 1. The van der Waals surface area contributed by atoms with Crippen LogP contribution in [0.3, 0.4) is 0 Å². The van der Waals surface area contributed by atoms with Crippen LogP contribution < -0.4 is 0 Å². The summed E-state index contributed by atoms with van der Waals surface area (Å²) in [6.45, 7) is 0. The maximum Gasteiger partial charge on any atom is 0.160 e. The lowest BCUT2D eigenvalue weighted by Crippen LogP contribution is -1.98. The van der Waals surface area contributed by atoms with Crippen molar-refractivity contribution in [3.63, 3.8) is 0 Å². The molecule has 2 aliphatic carbocycles. The summed E-state index contributed by atoms with van der Waals surface area (Å²) in [4.78, 5) is 10.1. The second-order valence-corrected chi connectivity index (χ2v) is 13.6. The molecule has 1 aromatic heterocycles. The lowest BCUT2D eigenvalue weighted by molar-refractivity contribution is 0.986. The minimum absolute atomic E-state index is 0.659. The van der Waals surface area contributed by atoms with Gasteiger partial charge in [-0.2, -0.15) is 5.26 Å². The van der Waals surface area contributed by atoms with Crippen molar-refractivity contribution in [1.82, 2.24) is 9.97 Å². The molecule has 3 heteroatoms. The van der Waals surface area contributed by atoms with Gasteiger partial charge in [-0.1, -0.05) is 121 Å². The van der Waals surface area contributed by atoms with E-state index < -0.39 is 0 Å². The lowest BCUT2D eigenvalue weighted by atomic mass is 9.91. The fourth-order valence-electron chi connectivity index (χ4n) is 7.33. The summed E-state index contributed by atoms with van der Waals surface area (Å²) in [6.07, 6.45) is 15.4. The highest BCUT2D eigenvalue weighted by Crippen LogP contribution is 2.34. The van der Waals surface area contributed by atoms with Crippen molar-refractivity contribution in [2.75, 3.05) is 0 Å². The van der Waals surface area contributed by atoms with Gasteiger partial charge < -0.3 is 0 Å². The molecule has 1 heterocycles. The first-order chi connectivity index (χ1) is 25.7. The molecule has 0 saturated heterocycles. The van der Waals surface area contributed by atoms with Crippen molar-refractivity contribution in [1.29, 1.82) is 5.26 Å². The third-order valence-electron chi connectivity index (χ3n) is 10.2. The van der Waals surface area contributed by atoms with Gasteiger partial charge in [0.15, 0.2) is 5.82 Å². The van der Waals surface area contributed by atoms with Crippen LogP contribution in [0, 0.1) is 11.3 Å². The van der Waals surface area contributed by atoms with Gasteiger partial charge in [0.2, 0.25) is 0 Å². The number of rotatable bonds is 6. The van der Waals surface area contributed by atoms with Gasteiger partial charge in [-0.3, -0.25) is 0 Å². The monoisotopic (exact) mass is 665 g/mol. The number of hydrogen-bond acceptors (Lipinski definition) is 3. The topological polar surface area (TPSA) is 49.6 Å². The van der Waals surface area contributed by atoms with Crippen molar-refractivity contribution in [3.8, 4) is 62.1 Å². The molecule has 0 atom stereocenters. The Morgan fingerprint density at radius 2 is 1.15 bits per heavy atom. The Labute approximate surface area is 304 Å². The van der Waals surface area contributed by atoms with E-state index in [9.17, 15) is 5.26 Å². The first-order valence-corrected chi connectivity index (χ1v) is 18.0.